The maximum absolute atomic E-state index is 4.22. The number of hydrogen-bond acceptors (Lipinski definition) is 2. The molecule has 2 heterocycles. The first kappa shape index (κ1) is 7.73. The highest BCUT2D eigenvalue weighted by Crippen LogP contribution is 2.05. The number of rotatable bonds is 2. The number of alkyl halides is 1. The van der Waals surface area contributed by atoms with Gasteiger partial charge < -0.3 is 0 Å². The molecular formula is C8H8BrN3. The Morgan fingerprint density at radius 1 is 1.50 bits per heavy atom. The molecule has 0 saturated heterocycles. The van der Waals surface area contributed by atoms with E-state index < -0.39 is 0 Å². The van der Waals surface area contributed by atoms with Crippen LogP contribution in [0.3, 0.4) is 0 Å². The topological polar surface area (TPSA) is 30.2 Å². The minimum atomic E-state index is 0.911. The first-order chi connectivity index (χ1) is 5.92. The molecule has 0 N–H and O–H groups in total. The summed E-state index contributed by atoms with van der Waals surface area (Å²) in [7, 11) is 0. The minimum Gasteiger partial charge on any atom is -0.235 e. The van der Waals surface area contributed by atoms with Crippen LogP contribution in [0, 0.1) is 0 Å². The summed E-state index contributed by atoms with van der Waals surface area (Å²) in [5, 5.41) is 5.13. The summed E-state index contributed by atoms with van der Waals surface area (Å²) in [5.74, 6) is 0. The van der Waals surface area contributed by atoms with Gasteiger partial charge in [-0.2, -0.15) is 5.10 Å². The molecule has 62 valence electrons. The molecule has 2 rings (SSSR count). The molecule has 0 aliphatic heterocycles. The van der Waals surface area contributed by atoms with Crippen LogP contribution in [-0.4, -0.2) is 19.9 Å². The van der Waals surface area contributed by atoms with Gasteiger partial charge in [0.1, 0.15) is 0 Å². The molecule has 0 amide bonds. The predicted molar refractivity (Wildman–Crippen MR) is 50.5 cm³/mol. The maximum Gasteiger partial charge on any atom is 0.153 e. The number of aryl methyl sites for hydroxylation is 1. The summed E-state index contributed by atoms with van der Waals surface area (Å²) >= 11 is 3.39. The van der Waals surface area contributed by atoms with Gasteiger partial charge in [0.05, 0.1) is 11.9 Å². The minimum absolute atomic E-state index is 0.911. The average Bonchev–Trinajstić information content (AvgIpc) is 2.50. The molecule has 0 aromatic carbocycles. The fraction of sp³-hybridized carbons (Fsp3) is 0.250. The van der Waals surface area contributed by atoms with Crippen LogP contribution < -0.4 is 0 Å². The standard InChI is InChI=1S/C8H8BrN3/c9-4-3-7-6-10-8-2-1-5-11-12(7)8/h1-2,5-6H,3-4H2. The van der Waals surface area contributed by atoms with Gasteiger partial charge in [-0.25, -0.2) is 9.50 Å². The number of fused-ring (bicyclic) bond motifs is 1. The molecule has 0 radical (unpaired) electrons. The van der Waals surface area contributed by atoms with E-state index in [1.54, 1.807) is 6.20 Å². The van der Waals surface area contributed by atoms with E-state index in [0.717, 1.165) is 23.1 Å². The Morgan fingerprint density at radius 2 is 2.42 bits per heavy atom. The van der Waals surface area contributed by atoms with Crippen LogP contribution in [0.15, 0.2) is 24.5 Å². The van der Waals surface area contributed by atoms with Crippen LogP contribution in [0.2, 0.25) is 0 Å². The van der Waals surface area contributed by atoms with E-state index in [4.69, 9.17) is 0 Å². The Kier molecular flexibility index (Phi) is 2.08. The number of halogens is 1. The van der Waals surface area contributed by atoms with Crippen LogP contribution in [0.25, 0.3) is 5.65 Å². The number of hydrogen-bond donors (Lipinski definition) is 0. The van der Waals surface area contributed by atoms with Crippen LogP contribution >= 0.6 is 15.9 Å². The zero-order chi connectivity index (χ0) is 8.39. The molecule has 0 saturated carbocycles. The highest BCUT2D eigenvalue weighted by molar-refractivity contribution is 9.09. The van der Waals surface area contributed by atoms with Crippen molar-refractivity contribution in [2.75, 3.05) is 5.33 Å². The largest absolute Gasteiger partial charge is 0.235 e. The number of imidazole rings is 1. The normalized spacial score (nSPS) is 10.8. The summed E-state index contributed by atoms with van der Waals surface area (Å²) in [6.45, 7) is 0. The molecule has 0 fully saturated rings. The van der Waals surface area contributed by atoms with Gasteiger partial charge in [-0.15, -0.1) is 0 Å². The monoisotopic (exact) mass is 225 g/mol. The Hall–Kier alpha value is -0.900. The van der Waals surface area contributed by atoms with Crippen molar-refractivity contribution in [2.24, 2.45) is 0 Å². The Labute approximate surface area is 78.6 Å². The van der Waals surface area contributed by atoms with E-state index in [-0.39, 0.29) is 0 Å². The maximum atomic E-state index is 4.22. The average molecular weight is 226 g/mol. The third-order valence-electron chi connectivity index (χ3n) is 1.70. The molecule has 0 aliphatic carbocycles. The van der Waals surface area contributed by atoms with Gasteiger partial charge in [-0.3, -0.25) is 0 Å². The summed E-state index contributed by atoms with van der Waals surface area (Å²) < 4.78 is 1.86. The molecule has 0 atom stereocenters. The van der Waals surface area contributed by atoms with E-state index >= 15 is 0 Å². The zero-order valence-electron chi connectivity index (χ0n) is 6.44. The highest BCUT2D eigenvalue weighted by atomic mass is 79.9. The van der Waals surface area contributed by atoms with Gasteiger partial charge in [-0.1, -0.05) is 15.9 Å². The molecule has 3 nitrogen and oxygen atoms in total. The van der Waals surface area contributed by atoms with Crippen molar-refractivity contribution < 1.29 is 0 Å². The fourth-order valence-electron chi connectivity index (χ4n) is 1.15. The molecular weight excluding hydrogens is 218 g/mol. The van der Waals surface area contributed by atoms with Crippen molar-refractivity contribution in [1.82, 2.24) is 14.6 Å². The smallest absolute Gasteiger partial charge is 0.153 e. The molecule has 4 heteroatoms. The molecule has 0 unspecified atom stereocenters. The SMILES string of the molecule is BrCCc1cnc2cccnn12. The van der Waals surface area contributed by atoms with Crippen LogP contribution in [0.4, 0.5) is 0 Å². The quantitative estimate of drug-likeness (QED) is 0.729. The lowest BCUT2D eigenvalue weighted by molar-refractivity contribution is 0.864. The Morgan fingerprint density at radius 3 is 3.25 bits per heavy atom. The lowest BCUT2D eigenvalue weighted by Crippen LogP contribution is -1.96. The van der Waals surface area contributed by atoms with Gasteiger partial charge in [0.15, 0.2) is 5.65 Å². The molecule has 0 spiro atoms. The molecule has 12 heavy (non-hydrogen) atoms. The van der Waals surface area contributed by atoms with Crippen molar-refractivity contribution in [3.8, 4) is 0 Å². The Bertz CT molecular complexity index is 382. The summed E-state index contributed by atoms with van der Waals surface area (Å²) in [6.07, 6.45) is 4.59. The second kappa shape index (κ2) is 3.23. The first-order valence-electron chi connectivity index (χ1n) is 3.75. The first-order valence-corrected chi connectivity index (χ1v) is 4.87. The molecule has 2 aromatic rings. The third kappa shape index (κ3) is 1.22. The van der Waals surface area contributed by atoms with Gasteiger partial charge in [0.25, 0.3) is 0 Å². The van der Waals surface area contributed by atoms with E-state index in [0.29, 0.717) is 0 Å². The van der Waals surface area contributed by atoms with E-state index in [1.165, 1.54) is 0 Å². The van der Waals surface area contributed by atoms with Crippen LogP contribution in [-0.2, 0) is 6.42 Å². The summed E-state index contributed by atoms with van der Waals surface area (Å²) in [4.78, 5) is 4.22. The van der Waals surface area contributed by atoms with Gasteiger partial charge in [-0.05, 0) is 12.1 Å². The van der Waals surface area contributed by atoms with Gasteiger partial charge in [0, 0.05) is 17.9 Å². The van der Waals surface area contributed by atoms with Crippen LogP contribution in [0.5, 0.6) is 0 Å². The Balaban J connectivity index is 2.55. The van der Waals surface area contributed by atoms with Crippen molar-refractivity contribution in [1.29, 1.82) is 0 Å². The van der Waals surface area contributed by atoms with E-state index in [9.17, 15) is 0 Å². The lowest BCUT2D eigenvalue weighted by Gasteiger charge is -1.95. The zero-order valence-corrected chi connectivity index (χ0v) is 8.03. The van der Waals surface area contributed by atoms with Gasteiger partial charge in [0.2, 0.25) is 0 Å². The third-order valence-corrected chi connectivity index (χ3v) is 2.10. The van der Waals surface area contributed by atoms with E-state index in [1.807, 2.05) is 22.8 Å². The second-order valence-electron chi connectivity index (χ2n) is 2.48. The summed E-state index contributed by atoms with van der Waals surface area (Å²) in [5.41, 5.74) is 2.05. The van der Waals surface area contributed by atoms with Gasteiger partial charge >= 0.3 is 0 Å². The fourth-order valence-corrected chi connectivity index (χ4v) is 1.55. The summed E-state index contributed by atoms with van der Waals surface area (Å²) in [6, 6.07) is 3.84. The second-order valence-corrected chi connectivity index (χ2v) is 3.28. The van der Waals surface area contributed by atoms with Crippen molar-refractivity contribution in [3.63, 3.8) is 0 Å². The molecule has 0 bridgehead atoms. The van der Waals surface area contributed by atoms with Crippen LogP contribution in [0.1, 0.15) is 5.69 Å². The highest BCUT2D eigenvalue weighted by Gasteiger charge is 2.00. The lowest BCUT2D eigenvalue weighted by atomic mass is 10.4. The van der Waals surface area contributed by atoms with Crippen molar-refractivity contribution in [2.45, 2.75) is 6.42 Å². The molecule has 2 aromatic heterocycles. The van der Waals surface area contributed by atoms with E-state index in [2.05, 4.69) is 26.0 Å². The molecule has 0 aliphatic rings. The number of nitrogens with zero attached hydrogens (tertiary/aromatic N) is 3. The van der Waals surface area contributed by atoms with Crippen molar-refractivity contribution in [3.05, 3.63) is 30.2 Å². The number of aromatic nitrogens is 3. The van der Waals surface area contributed by atoms with Crippen molar-refractivity contribution >= 4 is 21.6 Å². The predicted octanol–water partition coefficient (Wildman–Crippen LogP) is 1.67.